The first-order valence-corrected chi connectivity index (χ1v) is 8.16. The largest absolute Gasteiger partial charge is 0.383 e. The highest BCUT2D eigenvalue weighted by Crippen LogP contribution is 2.10. The Bertz CT molecular complexity index is 306. The molecule has 5 heteroatoms. The minimum absolute atomic E-state index is 0.219. The molecule has 0 aromatic rings. The van der Waals surface area contributed by atoms with Crippen molar-refractivity contribution in [1.82, 2.24) is 5.32 Å². The number of rotatable bonds is 12. The Kier molecular flexibility index (Phi) is 10.9. The third-order valence-corrected chi connectivity index (χ3v) is 3.50. The predicted molar refractivity (Wildman–Crippen MR) is 84.6 cm³/mol. The average molecular weight is 300 g/mol. The average Bonchev–Trinajstić information content (AvgIpc) is 2.39. The van der Waals surface area contributed by atoms with Crippen molar-refractivity contribution in [3.8, 4) is 0 Å². The van der Waals surface area contributed by atoms with Gasteiger partial charge in [0.05, 0.1) is 0 Å². The quantitative estimate of drug-likeness (QED) is 0.482. The van der Waals surface area contributed by atoms with E-state index in [0.717, 1.165) is 19.3 Å². The molecule has 0 unspecified atom stereocenters. The Morgan fingerprint density at radius 2 is 1.67 bits per heavy atom. The molecule has 2 amide bonds. The van der Waals surface area contributed by atoms with Gasteiger partial charge in [-0.15, -0.1) is 0 Å². The molecule has 4 N–H and O–H groups in total. The molecule has 0 aromatic carbocycles. The van der Waals surface area contributed by atoms with E-state index in [4.69, 9.17) is 5.73 Å². The van der Waals surface area contributed by atoms with Crippen LogP contribution >= 0.6 is 0 Å². The van der Waals surface area contributed by atoms with E-state index in [1.807, 2.05) is 13.8 Å². The van der Waals surface area contributed by atoms with Crippen LogP contribution in [0.1, 0.15) is 72.1 Å². The van der Waals surface area contributed by atoms with Crippen LogP contribution in [0.15, 0.2) is 0 Å². The fourth-order valence-electron chi connectivity index (χ4n) is 2.24. The first-order valence-electron chi connectivity index (χ1n) is 8.16. The van der Waals surface area contributed by atoms with E-state index in [-0.39, 0.29) is 5.92 Å². The molecule has 0 radical (unpaired) electrons. The summed E-state index contributed by atoms with van der Waals surface area (Å²) >= 11 is 0. The van der Waals surface area contributed by atoms with Gasteiger partial charge in [0.2, 0.25) is 11.8 Å². The predicted octanol–water partition coefficient (Wildman–Crippen LogP) is 2.11. The van der Waals surface area contributed by atoms with Crippen molar-refractivity contribution in [3.05, 3.63) is 0 Å². The summed E-state index contributed by atoms with van der Waals surface area (Å²) in [6.45, 7) is 6.03. The number of hydrogen-bond donors (Lipinski definition) is 3. The van der Waals surface area contributed by atoms with E-state index in [1.54, 1.807) is 0 Å². The topological polar surface area (TPSA) is 92.4 Å². The number of nitrogens with two attached hydrogens (primary N) is 1. The van der Waals surface area contributed by atoms with Crippen molar-refractivity contribution in [2.75, 3.05) is 0 Å². The summed E-state index contributed by atoms with van der Waals surface area (Å²) < 4.78 is 0. The summed E-state index contributed by atoms with van der Waals surface area (Å²) in [5, 5.41) is 12.3. The van der Waals surface area contributed by atoms with Crippen molar-refractivity contribution in [2.24, 2.45) is 11.7 Å². The molecule has 0 aromatic heterocycles. The van der Waals surface area contributed by atoms with Crippen molar-refractivity contribution < 1.29 is 14.7 Å². The summed E-state index contributed by atoms with van der Waals surface area (Å²) in [5.74, 6) is -0.816. The van der Waals surface area contributed by atoms with E-state index >= 15 is 0 Å². The second-order valence-corrected chi connectivity index (χ2v) is 6.17. The Morgan fingerprint density at radius 1 is 1.10 bits per heavy atom. The molecule has 0 spiro atoms. The van der Waals surface area contributed by atoms with Crippen molar-refractivity contribution >= 4 is 11.8 Å². The number of amides is 2. The van der Waals surface area contributed by atoms with Gasteiger partial charge in [-0.3, -0.25) is 9.59 Å². The van der Waals surface area contributed by atoms with Gasteiger partial charge in [-0.1, -0.05) is 59.3 Å². The molecule has 0 heterocycles. The van der Waals surface area contributed by atoms with Crippen LogP contribution in [0.25, 0.3) is 0 Å². The molecule has 0 saturated carbocycles. The van der Waals surface area contributed by atoms with Crippen molar-refractivity contribution in [3.63, 3.8) is 0 Å². The monoisotopic (exact) mass is 300 g/mol. The lowest BCUT2D eigenvalue weighted by Crippen LogP contribution is -2.48. The molecule has 0 aliphatic carbocycles. The summed E-state index contributed by atoms with van der Waals surface area (Å²) in [6, 6.07) is -0.675. The molecule has 0 fully saturated rings. The van der Waals surface area contributed by atoms with E-state index in [1.165, 1.54) is 19.3 Å². The minimum atomic E-state index is -1.07. The molecular weight excluding hydrogens is 268 g/mol. The van der Waals surface area contributed by atoms with Gasteiger partial charge in [-0.05, 0) is 18.8 Å². The normalized spacial score (nSPS) is 14.0. The second kappa shape index (κ2) is 11.5. The fourth-order valence-corrected chi connectivity index (χ4v) is 2.24. The summed E-state index contributed by atoms with van der Waals surface area (Å²) in [5.41, 5.74) is 5.31. The van der Waals surface area contributed by atoms with Crippen LogP contribution in [0.5, 0.6) is 0 Å². The first-order chi connectivity index (χ1) is 9.88. The molecule has 0 aliphatic rings. The van der Waals surface area contributed by atoms with Crippen LogP contribution in [0.2, 0.25) is 0 Å². The lowest BCUT2D eigenvalue weighted by molar-refractivity contribution is -0.133. The first kappa shape index (κ1) is 19.9. The molecule has 0 bridgehead atoms. The van der Waals surface area contributed by atoms with Gasteiger partial charge in [0, 0.05) is 0 Å². The summed E-state index contributed by atoms with van der Waals surface area (Å²) in [7, 11) is 0. The van der Waals surface area contributed by atoms with E-state index in [2.05, 4.69) is 12.2 Å². The van der Waals surface area contributed by atoms with E-state index in [0.29, 0.717) is 12.8 Å². The maximum Gasteiger partial charge on any atom is 0.249 e. The zero-order valence-electron chi connectivity index (χ0n) is 13.7. The minimum Gasteiger partial charge on any atom is -0.383 e. The van der Waals surface area contributed by atoms with Crippen molar-refractivity contribution in [2.45, 2.75) is 84.3 Å². The zero-order valence-corrected chi connectivity index (χ0v) is 13.7. The maximum absolute atomic E-state index is 11.8. The number of carbonyl (C=O) groups is 2. The number of hydrogen-bond acceptors (Lipinski definition) is 3. The molecule has 0 saturated heterocycles. The summed E-state index contributed by atoms with van der Waals surface area (Å²) in [6.07, 6.45) is 6.53. The van der Waals surface area contributed by atoms with Crippen LogP contribution in [-0.4, -0.2) is 29.1 Å². The zero-order chi connectivity index (χ0) is 16.3. The highest BCUT2D eigenvalue weighted by Gasteiger charge is 2.22. The number of carbonyl (C=O) groups excluding carboxylic acids is 2. The Morgan fingerprint density at radius 3 is 2.19 bits per heavy atom. The Hall–Kier alpha value is -1.10. The molecule has 2 atom stereocenters. The van der Waals surface area contributed by atoms with Crippen LogP contribution in [-0.2, 0) is 9.59 Å². The SMILES string of the molecule is CCCCCCCC[C@H](NC(=O)[C@H](O)CC(C)C)C(N)=O. The van der Waals surface area contributed by atoms with Gasteiger partial charge < -0.3 is 16.2 Å². The summed E-state index contributed by atoms with van der Waals surface area (Å²) in [4.78, 5) is 23.2. The molecule has 5 nitrogen and oxygen atoms in total. The fraction of sp³-hybridized carbons (Fsp3) is 0.875. The number of aliphatic hydroxyl groups is 1. The number of aliphatic hydroxyl groups excluding tert-OH is 1. The van der Waals surface area contributed by atoms with Gasteiger partial charge >= 0.3 is 0 Å². The van der Waals surface area contributed by atoms with E-state index in [9.17, 15) is 14.7 Å². The Balaban J connectivity index is 4.07. The van der Waals surface area contributed by atoms with E-state index < -0.39 is 24.0 Å². The number of primary amides is 1. The van der Waals surface area contributed by atoms with Crippen LogP contribution in [0.4, 0.5) is 0 Å². The number of unbranched alkanes of at least 4 members (excludes halogenated alkanes) is 5. The lowest BCUT2D eigenvalue weighted by atomic mass is 10.0. The third-order valence-electron chi connectivity index (χ3n) is 3.50. The lowest BCUT2D eigenvalue weighted by Gasteiger charge is -2.19. The molecule has 0 aliphatic heterocycles. The van der Waals surface area contributed by atoms with Gasteiger partial charge in [0.1, 0.15) is 12.1 Å². The molecular formula is C16H32N2O3. The van der Waals surface area contributed by atoms with Crippen LogP contribution in [0, 0.1) is 5.92 Å². The standard InChI is InChI=1S/C16H32N2O3/c1-4-5-6-7-8-9-10-13(15(17)20)18-16(21)14(19)11-12(2)3/h12-14,19H,4-11H2,1-3H3,(H2,17,20)(H,18,21)/t13-,14+/m0/s1. The number of nitrogens with one attached hydrogen (secondary N) is 1. The maximum atomic E-state index is 11.8. The smallest absolute Gasteiger partial charge is 0.249 e. The van der Waals surface area contributed by atoms with Crippen molar-refractivity contribution in [1.29, 1.82) is 0 Å². The highest BCUT2D eigenvalue weighted by molar-refractivity contribution is 5.88. The van der Waals surface area contributed by atoms with Gasteiger partial charge in [-0.25, -0.2) is 0 Å². The van der Waals surface area contributed by atoms with Gasteiger partial charge in [-0.2, -0.15) is 0 Å². The Labute approximate surface area is 128 Å². The van der Waals surface area contributed by atoms with Crippen LogP contribution in [0.3, 0.4) is 0 Å². The van der Waals surface area contributed by atoms with Gasteiger partial charge in [0.15, 0.2) is 0 Å². The third kappa shape index (κ3) is 10.3. The molecule has 0 rings (SSSR count). The van der Waals surface area contributed by atoms with Gasteiger partial charge in [0.25, 0.3) is 0 Å². The highest BCUT2D eigenvalue weighted by atomic mass is 16.3. The molecule has 124 valence electrons. The second-order valence-electron chi connectivity index (χ2n) is 6.17. The molecule has 21 heavy (non-hydrogen) atoms. The van der Waals surface area contributed by atoms with Crippen LogP contribution < -0.4 is 11.1 Å².